The van der Waals surface area contributed by atoms with Gasteiger partial charge in [-0.05, 0) is 30.4 Å². The second-order valence-corrected chi connectivity index (χ2v) is 5.03. The molecule has 86 valence electrons. The van der Waals surface area contributed by atoms with Gasteiger partial charge >= 0.3 is 0 Å². The first kappa shape index (κ1) is 10.3. The van der Waals surface area contributed by atoms with Gasteiger partial charge in [0.15, 0.2) is 0 Å². The molecule has 1 saturated heterocycles. The molecule has 2 heteroatoms. The van der Waals surface area contributed by atoms with Crippen LogP contribution in [0.15, 0.2) is 24.3 Å². The lowest BCUT2D eigenvalue weighted by Gasteiger charge is -2.37. The fraction of sp³-hybridized carbons (Fsp3) is 0.571. The lowest BCUT2D eigenvalue weighted by atomic mass is 10.0. The smallest absolute Gasteiger partial charge is 0.0715 e. The van der Waals surface area contributed by atoms with E-state index < -0.39 is 0 Å². The second kappa shape index (κ2) is 3.86. The van der Waals surface area contributed by atoms with E-state index in [1.165, 1.54) is 36.9 Å². The van der Waals surface area contributed by atoms with E-state index in [0.29, 0.717) is 0 Å². The minimum Gasteiger partial charge on any atom is -0.295 e. The molecule has 0 radical (unpaired) electrons. The molecule has 1 fully saturated rings. The first-order valence-corrected chi connectivity index (χ1v) is 6.41. The maximum absolute atomic E-state index is 3.79. The SMILES string of the molecule is CCC12CCCN1Cc1ccccc1CN2. The Hall–Kier alpha value is -0.860. The van der Waals surface area contributed by atoms with Crippen molar-refractivity contribution in [2.75, 3.05) is 6.54 Å². The molecule has 1 aromatic carbocycles. The molecule has 0 bridgehead atoms. The summed E-state index contributed by atoms with van der Waals surface area (Å²) in [7, 11) is 0. The minimum atomic E-state index is 0.277. The molecule has 2 aliphatic rings. The molecule has 2 nitrogen and oxygen atoms in total. The molecule has 2 aliphatic heterocycles. The van der Waals surface area contributed by atoms with Gasteiger partial charge < -0.3 is 0 Å². The van der Waals surface area contributed by atoms with E-state index in [1.807, 2.05) is 0 Å². The Morgan fingerprint density at radius 3 is 2.94 bits per heavy atom. The van der Waals surface area contributed by atoms with Crippen LogP contribution in [-0.2, 0) is 13.1 Å². The number of nitrogens with one attached hydrogen (secondary N) is 1. The van der Waals surface area contributed by atoms with Crippen molar-refractivity contribution in [3.63, 3.8) is 0 Å². The molecule has 1 N–H and O–H groups in total. The molecule has 0 aromatic heterocycles. The quantitative estimate of drug-likeness (QED) is 0.776. The third kappa shape index (κ3) is 1.48. The van der Waals surface area contributed by atoms with Gasteiger partial charge in [-0.25, -0.2) is 0 Å². The highest BCUT2D eigenvalue weighted by Gasteiger charge is 2.40. The summed E-state index contributed by atoms with van der Waals surface area (Å²) >= 11 is 0. The predicted octanol–water partition coefficient (Wildman–Crippen LogP) is 2.49. The van der Waals surface area contributed by atoms with Gasteiger partial charge in [0.25, 0.3) is 0 Å². The molecule has 2 heterocycles. The van der Waals surface area contributed by atoms with Crippen molar-refractivity contribution in [2.45, 2.75) is 44.9 Å². The molecule has 1 atom stereocenters. The van der Waals surface area contributed by atoms with Gasteiger partial charge in [-0.1, -0.05) is 31.2 Å². The Labute approximate surface area is 97.6 Å². The van der Waals surface area contributed by atoms with E-state index in [1.54, 1.807) is 0 Å². The average molecular weight is 216 g/mol. The monoisotopic (exact) mass is 216 g/mol. The zero-order valence-corrected chi connectivity index (χ0v) is 10.00. The van der Waals surface area contributed by atoms with Crippen LogP contribution in [0.5, 0.6) is 0 Å². The topological polar surface area (TPSA) is 15.3 Å². The van der Waals surface area contributed by atoms with E-state index in [-0.39, 0.29) is 5.66 Å². The summed E-state index contributed by atoms with van der Waals surface area (Å²) in [4.78, 5) is 2.64. The normalized spacial score (nSPS) is 29.6. The fourth-order valence-corrected chi connectivity index (χ4v) is 3.24. The second-order valence-electron chi connectivity index (χ2n) is 5.03. The number of benzene rings is 1. The van der Waals surface area contributed by atoms with Crippen LogP contribution < -0.4 is 5.32 Å². The summed E-state index contributed by atoms with van der Waals surface area (Å²) in [5.41, 5.74) is 3.26. The summed E-state index contributed by atoms with van der Waals surface area (Å²) in [5.74, 6) is 0. The Morgan fingerprint density at radius 2 is 2.12 bits per heavy atom. The van der Waals surface area contributed by atoms with Crippen molar-refractivity contribution >= 4 is 0 Å². The standard InChI is InChI=1S/C14H20N2/c1-2-14-8-5-9-16(14)11-13-7-4-3-6-12(13)10-15-14/h3-4,6-7,15H,2,5,8-11H2,1H3. The molecule has 1 aromatic rings. The van der Waals surface area contributed by atoms with E-state index >= 15 is 0 Å². The van der Waals surface area contributed by atoms with Gasteiger partial charge in [-0.15, -0.1) is 0 Å². The average Bonchev–Trinajstić information content (AvgIpc) is 2.65. The highest BCUT2D eigenvalue weighted by molar-refractivity contribution is 5.28. The zero-order valence-electron chi connectivity index (χ0n) is 10.00. The van der Waals surface area contributed by atoms with E-state index in [2.05, 4.69) is 41.4 Å². The zero-order chi connectivity index (χ0) is 11.0. The Kier molecular flexibility index (Phi) is 2.49. The van der Waals surface area contributed by atoms with Crippen LogP contribution in [0.3, 0.4) is 0 Å². The van der Waals surface area contributed by atoms with Crippen molar-refractivity contribution in [1.82, 2.24) is 10.2 Å². The predicted molar refractivity (Wildman–Crippen MR) is 65.9 cm³/mol. The molecule has 0 amide bonds. The Morgan fingerprint density at radius 1 is 1.31 bits per heavy atom. The number of fused-ring (bicyclic) bond motifs is 2. The van der Waals surface area contributed by atoms with Crippen LogP contribution in [0.2, 0.25) is 0 Å². The lowest BCUT2D eigenvalue weighted by molar-refractivity contribution is 0.0919. The van der Waals surface area contributed by atoms with Crippen molar-refractivity contribution in [2.24, 2.45) is 0 Å². The molecule has 3 rings (SSSR count). The summed E-state index contributed by atoms with van der Waals surface area (Å²) in [6, 6.07) is 8.85. The van der Waals surface area contributed by atoms with Gasteiger partial charge in [0, 0.05) is 19.6 Å². The molecule has 1 unspecified atom stereocenters. The molecular formula is C14H20N2. The highest BCUT2D eigenvalue weighted by Crippen LogP contribution is 2.34. The van der Waals surface area contributed by atoms with Crippen LogP contribution in [0, 0.1) is 0 Å². The lowest BCUT2D eigenvalue weighted by Crippen LogP contribution is -2.52. The van der Waals surface area contributed by atoms with Crippen LogP contribution in [0.4, 0.5) is 0 Å². The van der Waals surface area contributed by atoms with E-state index in [4.69, 9.17) is 0 Å². The highest BCUT2D eigenvalue weighted by atomic mass is 15.3. The molecule has 0 aliphatic carbocycles. The summed E-state index contributed by atoms with van der Waals surface area (Å²) in [6.45, 7) is 5.70. The number of rotatable bonds is 1. The van der Waals surface area contributed by atoms with Crippen LogP contribution in [0.25, 0.3) is 0 Å². The van der Waals surface area contributed by atoms with Crippen LogP contribution in [0.1, 0.15) is 37.3 Å². The number of nitrogens with zero attached hydrogens (tertiary/aromatic N) is 1. The summed E-state index contributed by atoms with van der Waals surface area (Å²) in [6.07, 6.45) is 3.85. The molecule has 16 heavy (non-hydrogen) atoms. The van der Waals surface area contributed by atoms with Crippen molar-refractivity contribution in [3.8, 4) is 0 Å². The first-order chi connectivity index (χ1) is 7.84. The van der Waals surface area contributed by atoms with E-state index in [9.17, 15) is 0 Å². The molecule has 0 saturated carbocycles. The maximum Gasteiger partial charge on any atom is 0.0715 e. The van der Waals surface area contributed by atoms with E-state index in [0.717, 1.165) is 13.1 Å². The summed E-state index contributed by atoms with van der Waals surface area (Å²) < 4.78 is 0. The molecular weight excluding hydrogens is 196 g/mol. The fourth-order valence-electron chi connectivity index (χ4n) is 3.24. The Bertz CT molecular complexity index is 388. The van der Waals surface area contributed by atoms with Gasteiger partial charge in [0.1, 0.15) is 0 Å². The third-order valence-corrected chi connectivity index (χ3v) is 4.30. The van der Waals surface area contributed by atoms with Crippen molar-refractivity contribution < 1.29 is 0 Å². The third-order valence-electron chi connectivity index (χ3n) is 4.30. The minimum absolute atomic E-state index is 0.277. The maximum atomic E-state index is 3.79. The van der Waals surface area contributed by atoms with Crippen LogP contribution in [-0.4, -0.2) is 17.1 Å². The number of hydrogen-bond donors (Lipinski definition) is 1. The molecule has 0 spiro atoms. The van der Waals surface area contributed by atoms with Gasteiger partial charge in [-0.2, -0.15) is 0 Å². The Balaban J connectivity index is 1.96. The van der Waals surface area contributed by atoms with Gasteiger partial charge in [-0.3, -0.25) is 10.2 Å². The summed E-state index contributed by atoms with van der Waals surface area (Å²) in [5, 5.41) is 3.79. The van der Waals surface area contributed by atoms with Crippen molar-refractivity contribution in [1.29, 1.82) is 0 Å². The largest absolute Gasteiger partial charge is 0.295 e. The number of hydrogen-bond acceptors (Lipinski definition) is 2. The van der Waals surface area contributed by atoms with Gasteiger partial charge in [0.05, 0.1) is 5.66 Å². The van der Waals surface area contributed by atoms with Gasteiger partial charge in [0.2, 0.25) is 0 Å². The first-order valence-electron chi connectivity index (χ1n) is 6.41. The van der Waals surface area contributed by atoms with Crippen LogP contribution >= 0.6 is 0 Å². The van der Waals surface area contributed by atoms with Crippen molar-refractivity contribution in [3.05, 3.63) is 35.4 Å².